The molecule has 0 aliphatic rings. The summed E-state index contributed by atoms with van der Waals surface area (Å²) in [6.07, 6.45) is 1.38. The van der Waals surface area contributed by atoms with E-state index in [4.69, 9.17) is 4.74 Å². The van der Waals surface area contributed by atoms with Crippen LogP contribution in [0.25, 0.3) is 20.7 Å². The molecule has 4 rings (SSSR count). The number of rotatable bonds is 4. The molecular formula is C22H18FNO3S. The maximum atomic E-state index is 14.1. The number of methoxy groups -OCH3 is 1. The molecule has 4 aromatic rings. The smallest absolute Gasteiger partial charge is 0.232 e. The number of benzene rings is 2. The SMILES string of the molecule is COc1ccc(-c2sc3c(c2C)c(=O)c(O)cn3Cc2ccccc2F)cc1. The first-order valence-electron chi connectivity index (χ1n) is 8.73. The predicted octanol–water partition coefficient (Wildman–Crippen LogP) is 4.94. The summed E-state index contributed by atoms with van der Waals surface area (Å²) in [4.78, 5) is 14.3. The summed E-state index contributed by atoms with van der Waals surface area (Å²) in [5.74, 6) is 0.0859. The fraction of sp³-hybridized carbons (Fsp3) is 0.136. The average Bonchev–Trinajstić information content (AvgIpc) is 3.05. The Hall–Kier alpha value is -3.12. The van der Waals surface area contributed by atoms with Crippen LogP contribution < -0.4 is 10.2 Å². The van der Waals surface area contributed by atoms with Crippen LogP contribution in [0, 0.1) is 12.7 Å². The van der Waals surface area contributed by atoms with Crippen LogP contribution in [0.4, 0.5) is 4.39 Å². The fourth-order valence-corrected chi connectivity index (χ4v) is 4.59. The Morgan fingerprint density at radius 3 is 2.54 bits per heavy atom. The zero-order chi connectivity index (χ0) is 19.8. The summed E-state index contributed by atoms with van der Waals surface area (Å²) in [7, 11) is 1.61. The van der Waals surface area contributed by atoms with Crippen molar-refractivity contribution in [1.29, 1.82) is 0 Å². The summed E-state index contributed by atoms with van der Waals surface area (Å²) < 4.78 is 21.1. The Balaban J connectivity index is 1.91. The lowest BCUT2D eigenvalue weighted by Gasteiger charge is -2.10. The van der Waals surface area contributed by atoms with E-state index in [1.165, 1.54) is 23.6 Å². The molecule has 4 nitrogen and oxygen atoms in total. The van der Waals surface area contributed by atoms with E-state index in [1.807, 2.05) is 31.2 Å². The highest BCUT2D eigenvalue weighted by Crippen LogP contribution is 2.38. The number of fused-ring (bicyclic) bond motifs is 1. The van der Waals surface area contributed by atoms with Crippen LogP contribution in [-0.4, -0.2) is 16.8 Å². The molecular weight excluding hydrogens is 377 g/mol. The van der Waals surface area contributed by atoms with E-state index in [1.54, 1.807) is 29.9 Å². The molecule has 6 heteroatoms. The van der Waals surface area contributed by atoms with Gasteiger partial charge in [0.25, 0.3) is 0 Å². The Morgan fingerprint density at radius 2 is 1.86 bits per heavy atom. The molecule has 0 fully saturated rings. The van der Waals surface area contributed by atoms with Gasteiger partial charge in [0.05, 0.1) is 25.2 Å². The van der Waals surface area contributed by atoms with Gasteiger partial charge in [0.1, 0.15) is 16.4 Å². The highest BCUT2D eigenvalue weighted by atomic mass is 32.1. The number of ether oxygens (including phenoxy) is 1. The molecule has 0 bridgehead atoms. The molecule has 0 aliphatic carbocycles. The lowest BCUT2D eigenvalue weighted by Crippen LogP contribution is -2.09. The van der Waals surface area contributed by atoms with Crippen molar-refractivity contribution in [1.82, 2.24) is 4.57 Å². The molecule has 2 aromatic heterocycles. The molecule has 0 radical (unpaired) electrons. The summed E-state index contributed by atoms with van der Waals surface area (Å²) in [6, 6.07) is 14.1. The molecule has 1 N–H and O–H groups in total. The van der Waals surface area contributed by atoms with Gasteiger partial charge in [-0.15, -0.1) is 11.3 Å². The van der Waals surface area contributed by atoms with Crippen molar-refractivity contribution in [3.05, 3.63) is 81.9 Å². The second-order valence-corrected chi connectivity index (χ2v) is 7.53. The summed E-state index contributed by atoms with van der Waals surface area (Å²) in [6.45, 7) is 2.09. The van der Waals surface area contributed by atoms with Crippen LogP contribution in [0.2, 0.25) is 0 Å². The van der Waals surface area contributed by atoms with E-state index in [2.05, 4.69) is 0 Å². The molecule has 0 saturated carbocycles. The number of aromatic hydroxyl groups is 1. The maximum Gasteiger partial charge on any atom is 0.232 e. The zero-order valence-corrected chi connectivity index (χ0v) is 16.2. The van der Waals surface area contributed by atoms with Crippen molar-refractivity contribution in [3.8, 4) is 21.9 Å². The average molecular weight is 395 g/mol. The van der Waals surface area contributed by atoms with Crippen molar-refractivity contribution in [2.45, 2.75) is 13.5 Å². The van der Waals surface area contributed by atoms with Crippen LogP contribution in [0.15, 0.2) is 59.5 Å². The number of nitrogens with zero attached hydrogens (tertiary/aromatic N) is 1. The second kappa shape index (κ2) is 7.13. The molecule has 0 atom stereocenters. The first-order chi connectivity index (χ1) is 13.5. The van der Waals surface area contributed by atoms with Gasteiger partial charge in [-0.2, -0.15) is 0 Å². The number of hydrogen-bond acceptors (Lipinski definition) is 4. The van der Waals surface area contributed by atoms with Crippen LogP contribution in [0.1, 0.15) is 11.1 Å². The standard InChI is InChI=1S/C22H18FNO3S/c1-13-19-20(26)18(25)12-24(11-15-5-3-4-6-17(15)23)22(19)28-21(13)14-7-9-16(27-2)10-8-14/h3-10,12,25H,11H2,1-2H3. The van der Waals surface area contributed by atoms with Crippen molar-refractivity contribution in [2.24, 2.45) is 0 Å². The van der Waals surface area contributed by atoms with Gasteiger partial charge in [0, 0.05) is 10.4 Å². The summed E-state index contributed by atoms with van der Waals surface area (Å²) >= 11 is 1.45. The van der Waals surface area contributed by atoms with E-state index >= 15 is 0 Å². The van der Waals surface area contributed by atoms with E-state index in [9.17, 15) is 14.3 Å². The van der Waals surface area contributed by atoms with Gasteiger partial charge in [0.2, 0.25) is 5.43 Å². The topological polar surface area (TPSA) is 51.5 Å². The molecule has 2 heterocycles. The molecule has 0 aliphatic heterocycles. The van der Waals surface area contributed by atoms with Crippen LogP contribution in [0.3, 0.4) is 0 Å². The van der Waals surface area contributed by atoms with Gasteiger partial charge >= 0.3 is 0 Å². The third-order valence-electron chi connectivity index (χ3n) is 4.78. The molecule has 0 saturated heterocycles. The number of halogens is 1. The van der Waals surface area contributed by atoms with E-state index in [0.717, 1.165) is 21.8 Å². The maximum absolute atomic E-state index is 14.1. The van der Waals surface area contributed by atoms with Gasteiger partial charge < -0.3 is 14.4 Å². The van der Waals surface area contributed by atoms with Gasteiger partial charge in [-0.1, -0.05) is 18.2 Å². The minimum Gasteiger partial charge on any atom is -0.503 e. The summed E-state index contributed by atoms with van der Waals surface area (Å²) in [5.41, 5.74) is 1.83. The van der Waals surface area contributed by atoms with Crippen molar-refractivity contribution in [3.63, 3.8) is 0 Å². The third kappa shape index (κ3) is 3.05. The highest BCUT2D eigenvalue weighted by Gasteiger charge is 2.18. The van der Waals surface area contributed by atoms with E-state index in [0.29, 0.717) is 15.8 Å². The molecule has 0 unspecified atom stereocenters. The Labute approximate surface area is 165 Å². The van der Waals surface area contributed by atoms with Gasteiger partial charge in [-0.25, -0.2) is 4.39 Å². The first-order valence-corrected chi connectivity index (χ1v) is 9.54. The second-order valence-electron chi connectivity index (χ2n) is 6.53. The lowest BCUT2D eigenvalue weighted by molar-refractivity contribution is 0.415. The number of aryl methyl sites for hydroxylation is 1. The van der Waals surface area contributed by atoms with Gasteiger partial charge in [0.15, 0.2) is 5.75 Å². The fourth-order valence-electron chi connectivity index (χ4n) is 3.31. The quantitative estimate of drug-likeness (QED) is 0.532. The molecule has 142 valence electrons. The number of pyridine rings is 1. The molecule has 2 aromatic carbocycles. The molecule has 28 heavy (non-hydrogen) atoms. The monoisotopic (exact) mass is 395 g/mol. The summed E-state index contributed by atoms with van der Waals surface area (Å²) in [5, 5.41) is 10.6. The van der Waals surface area contributed by atoms with Crippen molar-refractivity contribution in [2.75, 3.05) is 7.11 Å². The van der Waals surface area contributed by atoms with Crippen LogP contribution >= 0.6 is 11.3 Å². The molecule has 0 spiro atoms. The lowest BCUT2D eigenvalue weighted by atomic mass is 10.1. The van der Waals surface area contributed by atoms with Crippen molar-refractivity contribution >= 4 is 21.6 Å². The minimum absolute atomic E-state index is 0.221. The van der Waals surface area contributed by atoms with Gasteiger partial charge in [-0.3, -0.25) is 4.79 Å². The van der Waals surface area contributed by atoms with E-state index < -0.39 is 5.43 Å². The largest absolute Gasteiger partial charge is 0.503 e. The van der Waals surface area contributed by atoms with Gasteiger partial charge in [-0.05, 0) is 48.4 Å². The van der Waals surface area contributed by atoms with Crippen LogP contribution in [0.5, 0.6) is 11.5 Å². The Morgan fingerprint density at radius 1 is 1.14 bits per heavy atom. The predicted molar refractivity (Wildman–Crippen MR) is 110 cm³/mol. The zero-order valence-electron chi connectivity index (χ0n) is 15.4. The highest BCUT2D eigenvalue weighted by molar-refractivity contribution is 7.22. The Kier molecular flexibility index (Phi) is 4.65. The third-order valence-corrected chi connectivity index (χ3v) is 6.16. The first kappa shape index (κ1) is 18.3. The number of aromatic nitrogens is 1. The number of thiophene rings is 1. The van der Waals surface area contributed by atoms with Crippen molar-refractivity contribution < 1.29 is 14.2 Å². The normalized spacial score (nSPS) is 11.1. The van der Waals surface area contributed by atoms with E-state index in [-0.39, 0.29) is 18.1 Å². The minimum atomic E-state index is -0.409. The molecule has 0 amide bonds. The van der Waals surface area contributed by atoms with Crippen LogP contribution in [-0.2, 0) is 6.54 Å². The Bertz CT molecular complexity index is 1230. The number of hydrogen-bond donors (Lipinski definition) is 1.